The highest BCUT2D eigenvalue weighted by Crippen LogP contribution is 2.34. The average Bonchev–Trinajstić information content (AvgIpc) is 3.19. The highest BCUT2D eigenvalue weighted by atomic mass is 19.1. The number of phenols is 1. The van der Waals surface area contributed by atoms with E-state index in [9.17, 15) is 14.3 Å². The molecule has 1 unspecified atom stereocenters. The van der Waals surface area contributed by atoms with Crippen LogP contribution in [-0.2, 0) is 4.74 Å². The number of halogens is 1. The predicted octanol–water partition coefficient (Wildman–Crippen LogP) is 4.41. The van der Waals surface area contributed by atoms with Gasteiger partial charge in [0.1, 0.15) is 17.4 Å². The normalized spacial score (nSPS) is 16.0. The number of phenolic OH excluding ortho intramolecular Hbond substituents is 1. The van der Waals surface area contributed by atoms with Gasteiger partial charge >= 0.3 is 6.09 Å². The summed E-state index contributed by atoms with van der Waals surface area (Å²) in [5.41, 5.74) is 1.66. The maximum Gasteiger partial charge on any atom is 0.407 e. The van der Waals surface area contributed by atoms with Crippen molar-refractivity contribution in [1.29, 1.82) is 0 Å². The van der Waals surface area contributed by atoms with E-state index in [1.807, 2.05) is 43.9 Å². The Morgan fingerprint density at radius 1 is 1.31 bits per heavy atom. The van der Waals surface area contributed by atoms with Crippen LogP contribution in [0, 0.1) is 18.7 Å². The van der Waals surface area contributed by atoms with Gasteiger partial charge in [0.15, 0.2) is 5.82 Å². The van der Waals surface area contributed by atoms with Crippen molar-refractivity contribution in [3.63, 3.8) is 0 Å². The van der Waals surface area contributed by atoms with E-state index in [4.69, 9.17) is 4.74 Å². The maximum absolute atomic E-state index is 14.5. The molecule has 1 amide bonds. The summed E-state index contributed by atoms with van der Waals surface area (Å²) in [5.74, 6) is 0.243. The standard InChI is InChI=1S/C24H27FN4O3/c1-14(2)13-32-24(31)26-16-9-10-29(12-16)23-17-8-7-15(3)11-19(17)27-22(28-23)21-18(25)5-4-6-20(21)30/h4-8,11,14,16,30H,9-10,12-13H2,1-3H3,(H,26,31). The Morgan fingerprint density at radius 3 is 2.88 bits per heavy atom. The predicted molar refractivity (Wildman–Crippen MR) is 121 cm³/mol. The summed E-state index contributed by atoms with van der Waals surface area (Å²) < 4.78 is 19.8. The zero-order valence-corrected chi connectivity index (χ0v) is 18.4. The van der Waals surface area contributed by atoms with Crippen LogP contribution in [0.1, 0.15) is 25.8 Å². The molecule has 0 spiro atoms. The zero-order valence-electron chi connectivity index (χ0n) is 18.4. The molecular weight excluding hydrogens is 411 g/mol. The summed E-state index contributed by atoms with van der Waals surface area (Å²) in [6.45, 7) is 7.50. The van der Waals surface area contributed by atoms with Gasteiger partial charge in [0.2, 0.25) is 0 Å². The van der Waals surface area contributed by atoms with Gasteiger partial charge in [0.25, 0.3) is 0 Å². The molecule has 1 aromatic heterocycles. The Kier molecular flexibility index (Phi) is 6.12. The highest BCUT2D eigenvalue weighted by Gasteiger charge is 2.28. The molecule has 168 valence electrons. The Hall–Kier alpha value is -3.42. The largest absolute Gasteiger partial charge is 0.507 e. The van der Waals surface area contributed by atoms with Crippen LogP contribution < -0.4 is 10.2 Å². The second kappa shape index (κ2) is 8.98. The van der Waals surface area contributed by atoms with Gasteiger partial charge < -0.3 is 20.1 Å². The smallest absolute Gasteiger partial charge is 0.407 e. The van der Waals surface area contributed by atoms with Crippen LogP contribution in [0.3, 0.4) is 0 Å². The fourth-order valence-corrected chi connectivity index (χ4v) is 3.83. The third kappa shape index (κ3) is 4.59. The molecule has 4 rings (SSSR count). The lowest BCUT2D eigenvalue weighted by Gasteiger charge is -2.21. The molecule has 1 aliphatic heterocycles. The first-order chi connectivity index (χ1) is 15.3. The van der Waals surface area contributed by atoms with Gasteiger partial charge in [-0.3, -0.25) is 0 Å². The van der Waals surface area contributed by atoms with E-state index >= 15 is 0 Å². The number of fused-ring (bicyclic) bond motifs is 1. The number of hydrogen-bond donors (Lipinski definition) is 2. The number of carbonyl (C=O) groups is 1. The van der Waals surface area contributed by atoms with Crippen molar-refractivity contribution in [2.45, 2.75) is 33.2 Å². The summed E-state index contributed by atoms with van der Waals surface area (Å²) >= 11 is 0. The van der Waals surface area contributed by atoms with E-state index in [0.717, 1.165) is 17.4 Å². The number of alkyl carbamates (subject to hydrolysis) is 1. The van der Waals surface area contributed by atoms with E-state index in [0.29, 0.717) is 31.0 Å². The van der Waals surface area contributed by atoms with Crippen LogP contribution in [0.2, 0.25) is 0 Å². The van der Waals surface area contributed by atoms with Crippen LogP contribution in [0.15, 0.2) is 36.4 Å². The Morgan fingerprint density at radius 2 is 2.12 bits per heavy atom. The number of ether oxygens (including phenoxy) is 1. The van der Waals surface area contributed by atoms with Crippen LogP contribution in [0.5, 0.6) is 5.75 Å². The molecule has 1 fully saturated rings. The van der Waals surface area contributed by atoms with Crippen molar-refractivity contribution in [3.05, 3.63) is 47.8 Å². The number of nitrogens with zero attached hydrogens (tertiary/aromatic N) is 3. The molecule has 1 atom stereocenters. The number of nitrogens with one attached hydrogen (secondary N) is 1. The molecule has 8 heteroatoms. The van der Waals surface area contributed by atoms with Crippen molar-refractivity contribution < 1.29 is 19.0 Å². The van der Waals surface area contributed by atoms with Gasteiger partial charge in [0, 0.05) is 18.5 Å². The molecule has 3 aromatic rings. The van der Waals surface area contributed by atoms with Gasteiger partial charge in [-0.15, -0.1) is 0 Å². The van der Waals surface area contributed by atoms with Crippen molar-refractivity contribution in [3.8, 4) is 17.1 Å². The summed E-state index contributed by atoms with van der Waals surface area (Å²) in [6, 6.07) is 9.88. The minimum Gasteiger partial charge on any atom is -0.507 e. The van der Waals surface area contributed by atoms with E-state index < -0.39 is 11.9 Å². The molecular formula is C24H27FN4O3. The molecule has 1 aliphatic rings. The number of aromatic nitrogens is 2. The summed E-state index contributed by atoms with van der Waals surface area (Å²) in [4.78, 5) is 23.3. The molecule has 1 saturated heterocycles. The monoisotopic (exact) mass is 438 g/mol. The first-order valence-electron chi connectivity index (χ1n) is 10.8. The Bertz CT molecular complexity index is 1130. The van der Waals surface area contributed by atoms with Crippen molar-refractivity contribution in [2.75, 3.05) is 24.6 Å². The Balaban J connectivity index is 1.66. The molecule has 0 radical (unpaired) electrons. The van der Waals surface area contributed by atoms with E-state index in [2.05, 4.69) is 15.3 Å². The number of rotatable bonds is 5. The molecule has 0 aliphatic carbocycles. The zero-order chi connectivity index (χ0) is 22.8. The summed E-state index contributed by atoms with van der Waals surface area (Å²) in [6.07, 6.45) is 0.305. The number of aryl methyl sites for hydroxylation is 1. The van der Waals surface area contributed by atoms with Crippen LogP contribution >= 0.6 is 0 Å². The SMILES string of the molecule is Cc1ccc2c(N3CCC(NC(=O)OCC(C)C)C3)nc(-c3c(O)cccc3F)nc2c1. The minimum absolute atomic E-state index is 0.0247. The third-order valence-corrected chi connectivity index (χ3v) is 5.41. The van der Waals surface area contributed by atoms with Crippen LogP contribution in [-0.4, -0.2) is 46.9 Å². The fraction of sp³-hybridized carbons (Fsp3) is 0.375. The maximum atomic E-state index is 14.5. The summed E-state index contributed by atoms with van der Waals surface area (Å²) in [7, 11) is 0. The number of amides is 1. The molecule has 0 bridgehead atoms. The van der Waals surface area contributed by atoms with Crippen LogP contribution in [0.4, 0.5) is 15.0 Å². The van der Waals surface area contributed by atoms with Gasteiger partial charge in [0.05, 0.1) is 23.7 Å². The average molecular weight is 439 g/mol. The summed E-state index contributed by atoms with van der Waals surface area (Å²) in [5, 5.41) is 14.0. The molecule has 0 saturated carbocycles. The lowest BCUT2D eigenvalue weighted by molar-refractivity contribution is 0.130. The number of benzene rings is 2. The van der Waals surface area contributed by atoms with E-state index in [1.54, 1.807) is 0 Å². The lowest BCUT2D eigenvalue weighted by Crippen LogP contribution is -2.38. The number of aromatic hydroxyl groups is 1. The second-order valence-electron chi connectivity index (χ2n) is 8.59. The van der Waals surface area contributed by atoms with Gasteiger partial charge in [-0.2, -0.15) is 0 Å². The first kappa shape index (κ1) is 21.8. The molecule has 32 heavy (non-hydrogen) atoms. The lowest BCUT2D eigenvalue weighted by atomic mass is 10.1. The number of anilines is 1. The minimum atomic E-state index is -0.586. The molecule has 2 aromatic carbocycles. The van der Waals surface area contributed by atoms with Crippen molar-refractivity contribution in [1.82, 2.24) is 15.3 Å². The highest BCUT2D eigenvalue weighted by molar-refractivity contribution is 5.92. The van der Waals surface area contributed by atoms with Crippen molar-refractivity contribution >= 4 is 22.8 Å². The van der Waals surface area contributed by atoms with Gasteiger partial charge in [-0.1, -0.05) is 26.0 Å². The third-order valence-electron chi connectivity index (χ3n) is 5.41. The fourth-order valence-electron chi connectivity index (χ4n) is 3.83. The van der Waals surface area contributed by atoms with Gasteiger partial charge in [-0.25, -0.2) is 19.2 Å². The quantitative estimate of drug-likeness (QED) is 0.614. The number of carbonyl (C=O) groups excluding carboxylic acids is 1. The second-order valence-corrected chi connectivity index (χ2v) is 8.59. The number of hydrogen-bond acceptors (Lipinski definition) is 6. The first-order valence-corrected chi connectivity index (χ1v) is 10.8. The molecule has 2 N–H and O–H groups in total. The van der Waals surface area contributed by atoms with E-state index in [1.165, 1.54) is 18.2 Å². The van der Waals surface area contributed by atoms with Crippen molar-refractivity contribution in [2.24, 2.45) is 5.92 Å². The van der Waals surface area contributed by atoms with Gasteiger partial charge in [-0.05, 0) is 49.1 Å². The molecule has 7 nitrogen and oxygen atoms in total. The van der Waals surface area contributed by atoms with E-state index in [-0.39, 0.29) is 29.1 Å². The topological polar surface area (TPSA) is 87.6 Å². The van der Waals surface area contributed by atoms with Crippen LogP contribution in [0.25, 0.3) is 22.3 Å². The molecule has 2 heterocycles. The Labute approximate surface area is 186 Å².